The molecule has 2 rings (SSSR count). The minimum absolute atomic E-state index is 0.168. The SMILES string of the molecule is CC(C)CNCCN1CCC(C(=O)c2ccc(Cl)cc2)CC1. The number of likely N-dealkylation sites (tertiary alicyclic amines) is 1. The van der Waals surface area contributed by atoms with Crippen molar-refractivity contribution in [2.75, 3.05) is 32.7 Å². The van der Waals surface area contributed by atoms with Crippen LogP contribution in [0.2, 0.25) is 5.02 Å². The molecule has 1 saturated heterocycles. The smallest absolute Gasteiger partial charge is 0.166 e. The molecule has 1 N–H and O–H groups in total. The number of nitrogens with zero attached hydrogens (tertiary/aromatic N) is 1. The highest BCUT2D eigenvalue weighted by molar-refractivity contribution is 6.30. The summed E-state index contributed by atoms with van der Waals surface area (Å²) in [6.45, 7) is 9.68. The number of benzene rings is 1. The maximum Gasteiger partial charge on any atom is 0.166 e. The third kappa shape index (κ3) is 5.38. The van der Waals surface area contributed by atoms with Crippen LogP contribution in [0, 0.1) is 11.8 Å². The number of carbonyl (C=O) groups is 1. The van der Waals surface area contributed by atoms with Gasteiger partial charge < -0.3 is 10.2 Å². The second kappa shape index (κ2) is 8.66. The molecule has 0 bridgehead atoms. The van der Waals surface area contributed by atoms with Crippen LogP contribution in [0.25, 0.3) is 0 Å². The Morgan fingerprint density at radius 3 is 2.50 bits per heavy atom. The Balaban J connectivity index is 1.72. The van der Waals surface area contributed by atoms with Crippen molar-refractivity contribution in [2.24, 2.45) is 11.8 Å². The Kier molecular flexibility index (Phi) is 6.87. The van der Waals surface area contributed by atoms with Crippen molar-refractivity contribution in [3.63, 3.8) is 0 Å². The van der Waals surface area contributed by atoms with Gasteiger partial charge in [-0.25, -0.2) is 0 Å². The topological polar surface area (TPSA) is 32.3 Å². The molecule has 0 radical (unpaired) electrons. The van der Waals surface area contributed by atoms with E-state index in [0.717, 1.165) is 51.1 Å². The fourth-order valence-corrected chi connectivity index (χ4v) is 3.02. The van der Waals surface area contributed by atoms with Gasteiger partial charge in [0.05, 0.1) is 0 Å². The number of ketones is 1. The van der Waals surface area contributed by atoms with Crippen molar-refractivity contribution in [3.8, 4) is 0 Å². The molecule has 0 amide bonds. The number of hydrogen-bond acceptors (Lipinski definition) is 3. The van der Waals surface area contributed by atoms with Crippen LogP contribution < -0.4 is 5.32 Å². The summed E-state index contributed by atoms with van der Waals surface area (Å²) >= 11 is 5.88. The van der Waals surface area contributed by atoms with Gasteiger partial charge in [-0.15, -0.1) is 0 Å². The molecular formula is C18H27ClN2O. The predicted molar refractivity (Wildman–Crippen MR) is 92.7 cm³/mol. The van der Waals surface area contributed by atoms with Crippen LogP contribution in [0.15, 0.2) is 24.3 Å². The summed E-state index contributed by atoms with van der Waals surface area (Å²) in [5.41, 5.74) is 0.793. The van der Waals surface area contributed by atoms with Crippen molar-refractivity contribution in [2.45, 2.75) is 26.7 Å². The molecule has 122 valence electrons. The fourth-order valence-electron chi connectivity index (χ4n) is 2.90. The number of halogens is 1. The van der Waals surface area contributed by atoms with Gasteiger partial charge in [-0.2, -0.15) is 0 Å². The zero-order valence-corrected chi connectivity index (χ0v) is 14.4. The van der Waals surface area contributed by atoms with Crippen LogP contribution in [0.1, 0.15) is 37.0 Å². The number of hydrogen-bond donors (Lipinski definition) is 1. The quantitative estimate of drug-likeness (QED) is 0.616. The third-order valence-corrected chi connectivity index (χ3v) is 4.50. The van der Waals surface area contributed by atoms with Crippen molar-refractivity contribution in [1.29, 1.82) is 0 Å². The second-order valence-corrected chi connectivity index (χ2v) is 7.02. The van der Waals surface area contributed by atoms with E-state index in [2.05, 4.69) is 24.1 Å². The highest BCUT2D eigenvalue weighted by Gasteiger charge is 2.25. The Hall–Kier alpha value is -0.900. The molecule has 3 nitrogen and oxygen atoms in total. The Morgan fingerprint density at radius 1 is 1.27 bits per heavy atom. The predicted octanol–water partition coefficient (Wildman–Crippen LogP) is 3.48. The molecule has 0 saturated carbocycles. The summed E-state index contributed by atoms with van der Waals surface area (Å²) in [5.74, 6) is 1.14. The van der Waals surface area contributed by atoms with Gasteiger partial charge in [0.15, 0.2) is 5.78 Å². The molecule has 1 aromatic carbocycles. The highest BCUT2D eigenvalue weighted by Crippen LogP contribution is 2.22. The molecule has 1 heterocycles. The Bertz CT molecular complexity index is 464. The average molecular weight is 323 g/mol. The van der Waals surface area contributed by atoms with Gasteiger partial charge in [0.1, 0.15) is 0 Å². The number of carbonyl (C=O) groups excluding carboxylic acids is 1. The molecule has 4 heteroatoms. The van der Waals surface area contributed by atoms with Crippen molar-refractivity contribution >= 4 is 17.4 Å². The highest BCUT2D eigenvalue weighted by atomic mass is 35.5. The first kappa shape index (κ1) is 17.5. The second-order valence-electron chi connectivity index (χ2n) is 6.59. The van der Waals surface area contributed by atoms with Gasteiger partial charge in [-0.3, -0.25) is 4.79 Å². The molecule has 0 atom stereocenters. The van der Waals surface area contributed by atoms with Gasteiger partial charge in [-0.1, -0.05) is 25.4 Å². The van der Waals surface area contributed by atoms with Gasteiger partial charge in [0.2, 0.25) is 0 Å². The maximum atomic E-state index is 12.5. The van der Waals surface area contributed by atoms with Crippen LogP contribution in [0.5, 0.6) is 0 Å². The summed E-state index contributed by atoms with van der Waals surface area (Å²) in [4.78, 5) is 14.9. The molecule has 0 unspecified atom stereocenters. The van der Waals surface area contributed by atoms with Gasteiger partial charge in [-0.05, 0) is 62.7 Å². The maximum absolute atomic E-state index is 12.5. The van der Waals surface area contributed by atoms with Gasteiger partial charge in [0.25, 0.3) is 0 Å². The van der Waals surface area contributed by atoms with Gasteiger partial charge in [0, 0.05) is 29.6 Å². The normalized spacial score (nSPS) is 17.1. The van der Waals surface area contributed by atoms with Crippen molar-refractivity contribution in [3.05, 3.63) is 34.9 Å². The monoisotopic (exact) mass is 322 g/mol. The summed E-state index contributed by atoms with van der Waals surface area (Å²) in [7, 11) is 0. The molecule has 1 aliphatic heterocycles. The lowest BCUT2D eigenvalue weighted by Gasteiger charge is -2.31. The standard InChI is InChI=1S/C18H27ClN2O/c1-14(2)13-20-9-12-21-10-7-16(8-11-21)18(22)15-3-5-17(19)6-4-15/h3-6,14,16,20H,7-13H2,1-2H3. The number of rotatable bonds is 7. The average Bonchev–Trinajstić information content (AvgIpc) is 2.52. The number of Topliss-reactive ketones (excluding diaryl/α,β-unsaturated/α-hetero) is 1. The van der Waals surface area contributed by atoms with E-state index >= 15 is 0 Å². The lowest BCUT2D eigenvalue weighted by atomic mass is 9.89. The summed E-state index contributed by atoms with van der Waals surface area (Å²) < 4.78 is 0. The molecule has 0 aromatic heterocycles. The third-order valence-electron chi connectivity index (χ3n) is 4.24. The van der Waals surface area contributed by atoms with Crippen LogP contribution in [0.4, 0.5) is 0 Å². The minimum Gasteiger partial charge on any atom is -0.315 e. The molecule has 0 spiro atoms. The van der Waals surface area contributed by atoms with E-state index in [1.54, 1.807) is 12.1 Å². The first-order valence-corrected chi connectivity index (χ1v) is 8.67. The summed E-state index contributed by atoms with van der Waals surface area (Å²) in [6, 6.07) is 7.27. The van der Waals surface area contributed by atoms with E-state index in [0.29, 0.717) is 10.9 Å². The summed E-state index contributed by atoms with van der Waals surface area (Å²) in [5, 5.41) is 4.16. The summed E-state index contributed by atoms with van der Waals surface area (Å²) in [6.07, 6.45) is 1.93. The first-order chi connectivity index (χ1) is 10.6. The van der Waals surface area contributed by atoms with E-state index in [9.17, 15) is 4.79 Å². The van der Waals surface area contributed by atoms with E-state index in [4.69, 9.17) is 11.6 Å². The molecule has 0 aliphatic carbocycles. The van der Waals surface area contributed by atoms with E-state index in [-0.39, 0.29) is 11.7 Å². The molecule has 1 aromatic rings. The molecular weight excluding hydrogens is 296 g/mol. The van der Waals surface area contributed by atoms with Crippen LogP contribution in [-0.4, -0.2) is 43.4 Å². The lowest BCUT2D eigenvalue weighted by Crippen LogP contribution is -2.40. The Labute approximate surface area is 139 Å². The fraction of sp³-hybridized carbons (Fsp3) is 0.611. The zero-order chi connectivity index (χ0) is 15.9. The number of nitrogens with one attached hydrogen (secondary N) is 1. The lowest BCUT2D eigenvalue weighted by molar-refractivity contribution is 0.0841. The van der Waals surface area contributed by atoms with Crippen LogP contribution in [0.3, 0.4) is 0 Å². The molecule has 1 fully saturated rings. The van der Waals surface area contributed by atoms with E-state index in [1.165, 1.54) is 0 Å². The van der Waals surface area contributed by atoms with E-state index < -0.39 is 0 Å². The van der Waals surface area contributed by atoms with Gasteiger partial charge >= 0.3 is 0 Å². The minimum atomic E-state index is 0.168. The Morgan fingerprint density at radius 2 is 1.91 bits per heavy atom. The van der Waals surface area contributed by atoms with Crippen LogP contribution >= 0.6 is 11.6 Å². The number of piperidine rings is 1. The largest absolute Gasteiger partial charge is 0.315 e. The zero-order valence-electron chi connectivity index (χ0n) is 13.6. The van der Waals surface area contributed by atoms with E-state index in [1.807, 2.05) is 12.1 Å². The van der Waals surface area contributed by atoms with Crippen molar-refractivity contribution < 1.29 is 4.79 Å². The molecule has 1 aliphatic rings. The molecule has 22 heavy (non-hydrogen) atoms. The van der Waals surface area contributed by atoms with Crippen LogP contribution in [-0.2, 0) is 0 Å². The van der Waals surface area contributed by atoms with Crippen molar-refractivity contribution in [1.82, 2.24) is 10.2 Å². The first-order valence-electron chi connectivity index (χ1n) is 8.29.